The summed E-state index contributed by atoms with van der Waals surface area (Å²) < 4.78 is 5.82. The van der Waals surface area contributed by atoms with Crippen LogP contribution in [0.5, 0.6) is 5.75 Å². The van der Waals surface area contributed by atoms with Gasteiger partial charge < -0.3 is 15.0 Å². The Morgan fingerprint density at radius 3 is 2.38 bits per heavy atom. The van der Waals surface area contributed by atoms with E-state index in [2.05, 4.69) is 5.32 Å². The molecule has 1 saturated carbocycles. The first-order chi connectivity index (χ1) is 18.0. The lowest BCUT2D eigenvalue weighted by Gasteiger charge is -2.33. The van der Waals surface area contributed by atoms with Crippen molar-refractivity contribution in [3.05, 3.63) is 101 Å². The van der Waals surface area contributed by atoms with E-state index in [1.54, 1.807) is 17.0 Å². The van der Waals surface area contributed by atoms with Gasteiger partial charge in [-0.25, -0.2) is 0 Å². The number of benzene rings is 3. The van der Waals surface area contributed by atoms with E-state index < -0.39 is 6.04 Å². The van der Waals surface area contributed by atoms with Crippen LogP contribution in [-0.2, 0) is 22.6 Å². The molecule has 3 aromatic rings. The Kier molecular flexibility index (Phi) is 9.61. The van der Waals surface area contributed by atoms with Gasteiger partial charge in [0.25, 0.3) is 5.91 Å². The summed E-state index contributed by atoms with van der Waals surface area (Å²) in [5.41, 5.74) is 3.07. The largest absolute Gasteiger partial charge is 0.482 e. The molecular weight excluding hydrogens is 484 g/mol. The fourth-order valence-electron chi connectivity index (χ4n) is 4.89. The second kappa shape index (κ2) is 13.3. The minimum atomic E-state index is -0.674. The van der Waals surface area contributed by atoms with E-state index in [1.165, 1.54) is 6.42 Å². The number of hydrogen-bond acceptors (Lipinski definition) is 3. The molecule has 0 aliphatic heterocycles. The maximum absolute atomic E-state index is 13.8. The zero-order chi connectivity index (χ0) is 26.0. The molecule has 1 N–H and O–H groups in total. The standard InChI is InChI=1S/C31H35ClN2O3/c1-23-11-10-14-25(19-23)21-34(30(35)22-37-29-18-9-8-17-27(29)32)28(20-24-12-4-2-5-13-24)31(36)33-26-15-6-3-7-16-26/h2,4-5,8-14,17-19,26,28H,3,6-7,15-16,20-22H2,1H3,(H,33,36)/t28-/m0/s1. The topological polar surface area (TPSA) is 58.6 Å². The van der Waals surface area contributed by atoms with E-state index in [1.807, 2.05) is 73.7 Å². The van der Waals surface area contributed by atoms with Crippen molar-refractivity contribution < 1.29 is 14.3 Å². The summed E-state index contributed by atoms with van der Waals surface area (Å²) in [5, 5.41) is 3.70. The number of nitrogens with one attached hydrogen (secondary N) is 1. The van der Waals surface area contributed by atoms with Crippen LogP contribution >= 0.6 is 11.6 Å². The average molecular weight is 519 g/mol. The summed E-state index contributed by atoms with van der Waals surface area (Å²) in [6.45, 7) is 2.12. The van der Waals surface area contributed by atoms with Gasteiger partial charge in [0.2, 0.25) is 5.91 Å². The van der Waals surface area contributed by atoms with Crippen LogP contribution in [0.2, 0.25) is 5.02 Å². The number of carbonyl (C=O) groups is 2. The van der Waals surface area contributed by atoms with Gasteiger partial charge in [0.15, 0.2) is 6.61 Å². The van der Waals surface area contributed by atoms with Crippen LogP contribution in [0.1, 0.15) is 48.8 Å². The molecular formula is C31H35ClN2O3. The zero-order valence-electron chi connectivity index (χ0n) is 21.4. The molecule has 1 aliphatic rings. The van der Waals surface area contributed by atoms with E-state index in [0.29, 0.717) is 23.7 Å². The lowest BCUT2D eigenvalue weighted by Crippen LogP contribution is -2.53. The van der Waals surface area contributed by atoms with Gasteiger partial charge in [-0.05, 0) is 43.0 Å². The van der Waals surface area contributed by atoms with E-state index in [9.17, 15) is 9.59 Å². The molecule has 1 fully saturated rings. The van der Waals surface area contributed by atoms with Crippen LogP contribution in [0, 0.1) is 6.92 Å². The van der Waals surface area contributed by atoms with Crippen molar-refractivity contribution in [2.45, 2.75) is 64.1 Å². The monoisotopic (exact) mass is 518 g/mol. The summed E-state index contributed by atoms with van der Waals surface area (Å²) in [4.78, 5) is 29.2. The van der Waals surface area contributed by atoms with Crippen LogP contribution in [0.15, 0.2) is 78.9 Å². The quantitative estimate of drug-likeness (QED) is 0.352. The molecule has 5 nitrogen and oxygen atoms in total. The average Bonchev–Trinajstić information content (AvgIpc) is 2.91. The first kappa shape index (κ1) is 26.7. The smallest absolute Gasteiger partial charge is 0.261 e. The van der Waals surface area contributed by atoms with Crippen LogP contribution in [0.3, 0.4) is 0 Å². The third-order valence-corrected chi connectivity index (χ3v) is 7.16. The number of hydrogen-bond donors (Lipinski definition) is 1. The predicted molar refractivity (Wildman–Crippen MR) is 148 cm³/mol. The number of ether oxygens (including phenoxy) is 1. The van der Waals surface area contributed by atoms with Crippen molar-refractivity contribution in [1.82, 2.24) is 10.2 Å². The molecule has 0 saturated heterocycles. The molecule has 0 radical (unpaired) electrons. The van der Waals surface area contributed by atoms with Gasteiger partial charge in [-0.1, -0.05) is 103 Å². The third-order valence-electron chi connectivity index (χ3n) is 6.85. The Labute approximate surface area is 224 Å². The second-order valence-electron chi connectivity index (χ2n) is 9.78. The molecule has 0 spiro atoms. The minimum absolute atomic E-state index is 0.116. The molecule has 0 heterocycles. The zero-order valence-corrected chi connectivity index (χ0v) is 22.1. The van der Waals surface area contributed by atoms with E-state index >= 15 is 0 Å². The first-order valence-electron chi connectivity index (χ1n) is 13.1. The normalized spacial score (nSPS) is 14.5. The minimum Gasteiger partial charge on any atom is -0.482 e. The maximum atomic E-state index is 13.8. The van der Waals surface area contributed by atoms with Crippen LogP contribution in [0.4, 0.5) is 0 Å². The third kappa shape index (κ3) is 7.83. The molecule has 4 rings (SSSR count). The number of rotatable bonds is 10. The lowest BCUT2D eigenvalue weighted by atomic mass is 9.94. The highest BCUT2D eigenvalue weighted by Crippen LogP contribution is 2.24. The van der Waals surface area contributed by atoms with Gasteiger partial charge >= 0.3 is 0 Å². The maximum Gasteiger partial charge on any atom is 0.261 e. The summed E-state index contributed by atoms with van der Waals surface area (Å²) >= 11 is 6.25. The molecule has 37 heavy (non-hydrogen) atoms. The van der Waals surface area contributed by atoms with Crippen LogP contribution in [0.25, 0.3) is 0 Å². The van der Waals surface area contributed by atoms with Gasteiger partial charge in [-0.2, -0.15) is 0 Å². The molecule has 194 valence electrons. The number of aryl methyl sites for hydroxylation is 1. The molecule has 2 amide bonds. The van der Waals surface area contributed by atoms with Crippen LogP contribution < -0.4 is 10.1 Å². The summed E-state index contributed by atoms with van der Waals surface area (Å²) in [5.74, 6) is 0.0648. The predicted octanol–water partition coefficient (Wildman–Crippen LogP) is 6.12. The number of carbonyl (C=O) groups excluding carboxylic acids is 2. The van der Waals surface area contributed by atoms with E-state index in [0.717, 1.165) is 42.4 Å². The van der Waals surface area contributed by atoms with Gasteiger partial charge in [0.1, 0.15) is 11.8 Å². The molecule has 1 atom stereocenters. The molecule has 0 unspecified atom stereocenters. The lowest BCUT2D eigenvalue weighted by molar-refractivity contribution is -0.143. The Balaban J connectivity index is 1.62. The highest BCUT2D eigenvalue weighted by molar-refractivity contribution is 6.32. The Morgan fingerprint density at radius 1 is 0.946 bits per heavy atom. The fraction of sp³-hybridized carbons (Fsp3) is 0.355. The Morgan fingerprint density at radius 2 is 1.65 bits per heavy atom. The summed E-state index contributed by atoms with van der Waals surface area (Å²) in [7, 11) is 0. The van der Waals surface area contributed by atoms with Crippen molar-refractivity contribution in [3.8, 4) is 5.75 Å². The van der Waals surface area contributed by atoms with Crippen molar-refractivity contribution in [3.63, 3.8) is 0 Å². The van der Waals surface area contributed by atoms with Crippen molar-refractivity contribution in [2.24, 2.45) is 0 Å². The van der Waals surface area contributed by atoms with Crippen LogP contribution in [-0.4, -0.2) is 35.4 Å². The van der Waals surface area contributed by atoms with E-state index in [-0.39, 0.29) is 24.5 Å². The Hall–Kier alpha value is -3.31. The fourth-order valence-corrected chi connectivity index (χ4v) is 5.08. The van der Waals surface area contributed by atoms with Gasteiger partial charge in [-0.3, -0.25) is 9.59 Å². The summed E-state index contributed by atoms with van der Waals surface area (Å²) in [6.07, 6.45) is 5.81. The van der Waals surface area contributed by atoms with Gasteiger partial charge in [0, 0.05) is 19.0 Å². The number of para-hydroxylation sites is 1. The van der Waals surface area contributed by atoms with Crippen molar-refractivity contribution in [1.29, 1.82) is 0 Å². The highest BCUT2D eigenvalue weighted by atomic mass is 35.5. The molecule has 1 aliphatic carbocycles. The SMILES string of the molecule is Cc1cccc(CN(C(=O)COc2ccccc2Cl)[C@@H](Cc2ccccc2)C(=O)NC2CCCCC2)c1. The first-order valence-corrected chi connectivity index (χ1v) is 13.4. The van der Waals surface area contributed by atoms with Crippen molar-refractivity contribution in [2.75, 3.05) is 6.61 Å². The number of halogens is 1. The molecule has 6 heteroatoms. The van der Waals surface area contributed by atoms with Crippen molar-refractivity contribution >= 4 is 23.4 Å². The molecule has 0 bridgehead atoms. The van der Waals surface area contributed by atoms with Gasteiger partial charge in [0.05, 0.1) is 5.02 Å². The molecule has 0 aromatic heterocycles. The van der Waals surface area contributed by atoms with Gasteiger partial charge in [-0.15, -0.1) is 0 Å². The Bertz CT molecular complexity index is 1180. The number of amides is 2. The van der Waals surface area contributed by atoms with E-state index in [4.69, 9.17) is 16.3 Å². The second-order valence-corrected chi connectivity index (χ2v) is 10.2. The summed E-state index contributed by atoms with van der Waals surface area (Å²) in [6, 6.07) is 24.4. The number of nitrogens with zero attached hydrogens (tertiary/aromatic N) is 1. The molecule has 3 aromatic carbocycles. The highest BCUT2D eigenvalue weighted by Gasteiger charge is 2.32.